The molecule has 25 heavy (non-hydrogen) atoms. The number of nitrogens with one attached hydrogen (secondary N) is 2. The molecule has 0 atom stereocenters. The SMILES string of the molecule is CSCCNC(=O)c1ccc(-c2cc(-c3ccc(Cl)cc3)[nH]n2)cc1. The van der Waals surface area contributed by atoms with Crippen LogP contribution in [0.4, 0.5) is 0 Å². The molecule has 0 aliphatic carbocycles. The van der Waals surface area contributed by atoms with Crippen LogP contribution < -0.4 is 5.32 Å². The van der Waals surface area contributed by atoms with Crippen molar-refractivity contribution in [2.24, 2.45) is 0 Å². The fourth-order valence-electron chi connectivity index (χ4n) is 2.41. The van der Waals surface area contributed by atoms with Gasteiger partial charge in [-0.05, 0) is 42.2 Å². The first kappa shape index (κ1) is 17.6. The molecule has 128 valence electrons. The first-order chi connectivity index (χ1) is 12.2. The van der Waals surface area contributed by atoms with Gasteiger partial charge in [-0.1, -0.05) is 35.9 Å². The van der Waals surface area contributed by atoms with E-state index in [0.29, 0.717) is 17.1 Å². The minimum absolute atomic E-state index is 0.0514. The van der Waals surface area contributed by atoms with Crippen LogP contribution in [-0.2, 0) is 0 Å². The lowest BCUT2D eigenvalue weighted by Crippen LogP contribution is -2.25. The van der Waals surface area contributed by atoms with Gasteiger partial charge in [0.1, 0.15) is 0 Å². The maximum absolute atomic E-state index is 12.0. The summed E-state index contributed by atoms with van der Waals surface area (Å²) in [6.45, 7) is 0.672. The summed E-state index contributed by atoms with van der Waals surface area (Å²) in [6.07, 6.45) is 2.02. The number of aromatic amines is 1. The number of carbonyl (C=O) groups excluding carboxylic acids is 1. The third-order valence-corrected chi connectivity index (χ3v) is 4.63. The first-order valence-electron chi connectivity index (χ1n) is 7.86. The second-order valence-electron chi connectivity index (χ2n) is 5.50. The Hall–Kier alpha value is -2.24. The number of H-pyrrole nitrogens is 1. The number of hydrogen-bond acceptors (Lipinski definition) is 3. The summed E-state index contributed by atoms with van der Waals surface area (Å²) in [6, 6.07) is 17.0. The van der Waals surface area contributed by atoms with Crippen LogP contribution >= 0.6 is 23.4 Å². The Kier molecular flexibility index (Phi) is 5.79. The van der Waals surface area contributed by atoms with E-state index in [9.17, 15) is 4.79 Å². The number of carbonyl (C=O) groups is 1. The van der Waals surface area contributed by atoms with E-state index in [4.69, 9.17) is 11.6 Å². The monoisotopic (exact) mass is 371 g/mol. The molecule has 0 radical (unpaired) electrons. The Bertz CT molecular complexity index is 844. The van der Waals surface area contributed by atoms with Crippen LogP contribution in [0, 0.1) is 0 Å². The Morgan fingerprint density at radius 1 is 1.12 bits per heavy atom. The van der Waals surface area contributed by atoms with Crippen molar-refractivity contribution in [2.75, 3.05) is 18.6 Å². The van der Waals surface area contributed by atoms with Gasteiger partial charge in [-0.25, -0.2) is 0 Å². The summed E-state index contributed by atoms with van der Waals surface area (Å²) < 4.78 is 0. The summed E-state index contributed by atoms with van der Waals surface area (Å²) in [7, 11) is 0. The Balaban J connectivity index is 1.72. The number of halogens is 1. The van der Waals surface area contributed by atoms with E-state index in [1.54, 1.807) is 11.8 Å². The molecule has 6 heteroatoms. The Morgan fingerprint density at radius 3 is 2.48 bits per heavy atom. The molecule has 2 N–H and O–H groups in total. The number of amides is 1. The number of nitrogens with zero attached hydrogens (tertiary/aromatic N) is 1. The van der Waals surface area contributed by atoms with Gasteiger partial charge in [-0.3, -0.25) is 9.89 Å². The van der Waals surface area contributed by atoms with Crippen molar-refractivity contribution in [1.29, 1.82) is 0 Å². The van der Waals surface area contributed by atoms with Crippen LogP contribution in [0.2, 0.25) is 5.02 Å². The van der Waals surface area contributed by atoms with Crippen LogP contribution in [0.3, 0.4) is 0 Å². The fraction of sp³-hybridized carbons (Fsp3) is 0.158. The highest BCUT2D eigenvalue weighted by Crippen LogP contribution is 2.25. The van der Waals surface area contributed by atoms with Gasteiger partial charge in [-0.2, -0.15) is 16.9 Å². The first-order valence-corrected chi connectivity index (χ1v) is 9.63. The predicted octanol–water partition coefficient (Wildman–Crippen LogP) is 4.49. The lowest BCUT2D eigenvalue weighted by molar-refractivity contribution is 0.0956. The molecule has 1 heterocycles. The molecule has 2 aromatic carbocycles. The topological polar surface area (TPSA) is 57.8 Å². The van der Waals surface area contributed by atoms with Gasteiger partial charge in [0, 0.05) is 28.4 Å². The quantitative estimate of drug-likeness (QED) is 0.627. The smallest absolute Gasteiger partial charge is 0.251 e. The molecule has 0 aliphatic heterocycles. The van der Waals surface area contributed by atoms with Gasteiger partial charge in [0.05, 0.1) is 11.4 Å². The number of hydrogen-bond donors (Lipinski definition) is 2. The minimum atomic E-state index is -0.0514. The van der Waals surface area contributed by atoms with Crippen molar-refractivity contribution in [3.05, 3.63) is 65.2 Å². The highest BCUT2D eigenvalue weighted by molar-refractivity contribution is 7.98. The van der Waals surface area contributed by atoms with Gasteiger partial charge in [0.15, 0.2) is 0 Å². The van der Waals surface area contributed by atoms with Gasteiger partial charge >= 0.3 is 0 Å². The Morgan fingerprint density at radius 2 is 1.80 bits per heavy atom. The van der Waals surface area contributed by atoms with E-state index in [0.717, 1.165) is 28.3 Å². The molecule has 0 unspecified atom stereocenters. The maximum atomic E-state index is 12.0. The normalized spacial score (nSPS) is 10.6. The molecular formula is C19H18ClN3OS. The van der Waals surface area contributed by atoms with Crippen molar-refractivity contribution < 1.29 is 4.79 Å². The van der Waals surface area contributed by atoms with Crippen molar-refractivity contribution in [2.45, 2.75) is 0 Å². The summed E-state index contributed by atoms with van der Waals surface area (Å²) in [5.41, 5.74) is 4.38. The van der Waals surface area contributed by atoms with E-state index in [1.807, 2.05) is 60.9 Å². The maximum Gasteiger partial charge on any atom is 0.251 e. The third-order valence-electron chi connectivity index (χ3n) is 3.77. The van der Waals surface area contributed by atoms with Crippen LogP contribution in [0.5, 0.6) is 0 Å². The molecule has 0 aliphatic rings. The van der Waals surface area contributed by atoms with E-state index < -0.39 is 0 Å². The van der Waals surface area contributed by atoms with Gasteiger partial charge in [0.2, 0.25) is 0 Å². The van der Waals surface area contributed by atoms with E-state index in [2.05, 4.69) is 15.5 Å². The molecule has 0 bridgehead atoms. The second kappa shape index (κ2) is 8.23. The van der Waals surface area contributed by atoms with E-state index >= 15 is 0 Å². The molecular weight excluding hydrogens is 354 g/mol. The van der Waals surface area contributed by atoms with Crippen LogP contribution in [0.25, 0.3) is 22.5 Å². The molecule has 3 aromatic rings. The fourth-order valence-corrected chi connectivity index (χ4v) is 2.84. The van der Waals surface area contributed by atoms with Crippen LogP contribution in [0.15, 0.2) is 54.6 Å². The lowest BCUT2D eigenvalue weighted by Gasteiger charge is -2.04. The van der Waals surface area contributed by atoms with E-state index in [1.165, 1.54) is 0 Å². The molecule has 0 spiro atoms. The van der Waals surface area contributed by atoms with Crippen molar-refractivity contribution in [1.82, 2.24) is 15.5 Å². The number of aromatic nitrogens is 2. The predicted molar refractivity (Wildman–Crippen MR) is 105 cm³/mol. The largest absolute Gasteiger partial charge is 0.351 e. The zero-order valence-corrected chi connectivity index (χ0v) is 15.3. The van der Waals surface area contributed by atoms with Crippen LogP contribution in [0.1, 0.15) is 10.4 Å². The molecule has 1 amide bonds. The van der Waals surface area contributed by atoms with Crippen LogP contribution in [-0.4, -0.2) is 34.7 Å². The molecule has 4 nitrogen and oxygen atoms in total. The molecule has 0 saturated heterocycles. The molecule has 0 saturated carbocycles. The zero-order valence-electron chi connectivity index (χ0n) is 13.8. The molecule has 0 fully saturated rings. The average molecular weight is 372 g/mol. The molecule has 1 aromatic heterocycles. The summed E-state index contributed by atoms with van der Waals surface area (Å²) in [5, 5.41) is 11.0. The highest BCUT2D eigenvalue weighted by atomic mass is 35.5. The van der Waals surface area contributed by atoms with Crippen molar-refractivity contribution in [3.63, 3.8) is 0 Å². The number of rotatable bonds is 6. The Labute approximate surface area is 156 Å². The average Bonchev–Trinajstić information content (AvgIpc) is 3.13. The summed E-state index contributed by atoms with van der Waals surface area (Å²) in [4.78, 5) is 12.0. The van der Waals surface area contributed by atoms with Crippen molar-refractivity contribution >= 4 is 29.3 Å². The standard InChI is InChI=1S/C19H18ClN3OS/c1-25-11-10-21-19(24)15-4-2-13(3-5-15)17-12-18(23-22-17)14-6-8-16(20)9-7-14/h2-9,12H,10-11H2,1H3,(H,21,24)(H,22,23). The second-order valence-corrected chi connectivity index (χ2v) is 6.92. The minimum Gasteiger partial charge on any atom is -0.351 e. The summed E-state index contributed by atoms with van der Waals surface area (Å²) >= 11 is 7.63. The van der Waals surface area contributed by atoms with Gasteiger partial charge in [-0.15, -0.1) is 0 Å². The third kappa shape index (κ3) is 4.44. The van der Waals surface area contributed by atoms with Gasteiger partial charge in [0.25, 0.3) is 5.91 Å². The number of benzene rings is 2. The molecule has 3 rings (SSSR count). The van der Waals surface area contributed by atoms with Gasteiger partial charge < -0.3 is 5.32 Å². The van der Waals surface area contributed by atoms with E-state index in [-0.39, 0.29) is 5.91 Å². The lowest BCUT2D eigenvalue weighted by atomic mass is 10.1. The zero-order chi connectivity index (χ0) is 17.6. The van der Waals surface area contributed by atoms with Crippen molar-refractivity contribution in [3.8, 4) is 22.5 Å². The highest BCUT2D eigenvalue weighted by Gasteiger charge is 2.08. The summed E-state index contributed by atoms with van der Waals surface area (Å²) in [5.74, 6) is 0.856. The number of thioether (sulfide) groups is 1.